The van der Waals surface area contributed by atoms with E-state index in [1.165, 1.54) is 0 Å². The van der Waals surface area contributed by atoms with Crippen LogP contribution in [-0.2, 0) is 23.9 Å². The molecule has 264 valence electrons. The lowest BCUT2D eigenvalue weighted by atomic mass is 9.90. The maximum Gasteiger partial charge on any atom is 0.238 e. The fourth-order valence-corrected chi connectivity index (χ4v) is 6.94. The molecule has 0 aliphatic carbocycles. The number of amides is 3. The lowest BCUT2D eigenvalue weighted by molar-refractivity contribution is -0.143. The maximum atomic E-state index is 13.9. The Balaban J connectivity index is 3.05. The minimum Gasteiger partial charge on any atom is -0.379 e. The molecule has 8 atom stereocenters. The highest BCUT2D eigenvalue weighted by molar-refractivity contribution is 5.82. The van der Waals surface area contributed by atoms with Crippen LogP contribution in [0.25, 0.3) is 0 Å². The number of hydrogen-bond acceptors (Lipinski definition) is 7. The molecule has 46 heavy (non-hydrogen) atoms. The van der Waals surface area contributed by atoms with E-state index in [4.69, 9.17) is 9.47 Å². The van der Waals surface area contributed by atoms with Gasteiger partial charge in [0.1, 0.15) is 0 Å². The first kappa shape index (κ1) is 41.5. The summed E-state index contributed by atoms with van der Waals surface area (Å²) >= 11 is 0. The van der Waals surface area contributed by atoms with Crippen LogP contribution in [0.4, 0.5) is 0 Å². The Bertz CT molecular complexity index is 1010. The summed E-state index contributed by atoms with van der Waals surface area (Å²) in [6, 6.07) is -0.646. The number of methoxy groups -OCH3 is 2. The van der Waals surface area contributed by atoms with E-state index in [1.807, 2.05) is 64.7 Å². The average Bonchev–Trinajstić information content (AvgIpc) is 3.48. The summed E-state index contributed by atoms with van der Waals surface area (Å²) in [4.78, 5) is 46.2. The van der Waals surface area contributed by atoms with Gasteiger partial charge in [-0.1, -0.05) is 72.4 Å². The Morgan fingerprint density at radius 2 is 1.65 bits per heavy atom. The number of nitrogens with one attached hydrogen (secondary N) is 2. The van der Waals surface area contributed by atoms with Crippen molar-refractivity contribution >= 4 is 17.7 Å². The van der Waals surface area contributed by atoms with E-state index >= 15 is 0 Å². The minimum absolute atomic E-state index is 0.0132. The number of rotatable bonds is 21. The summed E-state index contributed by atoms with van der Waals surface area (Å²) in [5.74, 6) is -0.220. The number of hydrogen-bond donors (Lipinski definition) is 2. The third kappa shape index (κ3) is 11.9. The molecule has 1 aliphatic heterocycles. The number of ether oxygens (including phenoxy) is 2. The summed E-state index contributed by atoms with van der Waals surface area (Å²) in [5, 5.41) is 6.21. The molecule has 0 radical (unpaired) electrons. The fourth-order valence-electron chi connectivity index (χ4n) is 6.94. The first-order valence-corrected chi connectivity index (χ1v) is 16.9. The molecule has 0 aromatic heterocycles. The van der Waals surface area contributed by atoms with Gasteiger partial charge in [-0.3, -0.25) is 24.2 Å². The number of likely N-dealkylation sites (tertiary alicyclic amines) is 1. The summed E-state index contributed by atoms with van der Waals surface area (Å²) in [7, 11) is 9.06. The van der Waals surface area contributed by atoms with Crippen molar-refractivity contribution in [2.45, 2.75) is 110 Å². The molecule has 3 amide bonds. The van der Waals surface area contributed by atoms with Crippen LogP contribution in [0.3, 0.4) is 0 Å². The average molecular weight is 648 g/mol. The Labute approximate surface area is 280 Å². The predicted molar refractivity (Wildman–Crippen MR) is 187 cm³/mol. The van der Waals surface area contributed by atoms with E-state index in [-0.39, 0.29) is 66.2 Å². The lowest BCUT2D eigenvalue weighted by Crippen LogP contribution is -2.55. The van der Waals surface area contributed by atoms with E-state index in [1.54, 1.807) is 26.4 Å². The van der Waals surface area contributed by atoms with Gasteiger partial charge in [-0.15, -0.1) is 0 Å². The Hall–Kier alpha value is -2.53. The molecule has 0 saturated carbocycles. The summed E-state index contributed by atoms with van der Waals surface area (Å²) in [6.45, 7) is 20.7. The molecule has 1 heterocycles. The zero-order valence-corrected chi connectivity index (χ0v) is 30.7. The van der Waals surface area contributed by atoms with Crippen LogP contribution in [0.5, 0.6) is 0 Å². The van der Waals surface area contributed by atoms with Crippen molar-refractivity contribution in [3.05, 3.63) is 37.0 Å². The maximum absolute atomic E-state index is 13.9. The van der Waals surface area contributed by atoms with Gasteiger partial charge < -0.3 is 25.0 Å². The van der Waals surface area contributed by atoms with Gasteiger partial charge in [0.15, 0.2) is 0 Å². The second kappa shape index (κ2) is 20.7. The molecular weight excluding hydrogens is 582 g/mol. The molecule has 2 N–H and O–H groups in total. The highest BCUT2D eigenvalue weighted by Gasteiger charge is 2.41. The molecule has 0 aromatic carbocycles. The smallest absolute Gasteiger partial charge is 0.238 e. The molecular formula is C36H65N5O5. The van der Waals surface area contributed by atoms with E-state index in [0.29, 0.717) is 19.6 Å². The molecule has 0 aromatic rings. The van der Waals surface area contributed by atoms with Crippen LogP contribution >= 0.6 is 0 Å². The fraction of sp³-hybridized carbons (Fsp3) is 0.750. The molecule has 10 heteroatoms. The normalized spacial score (nSPS) is 20.2. The summed E-state index contributed by atoms with van der Waals surface area (Å²) < 4.78 is 11.9. The predicted octanol–water partition coefficient (Wildman–Crippen LogP) is 4.23. The van der Waals surface area contributed by atoms with Gasteiger partial charge in [0, 0.05) is 32.8 Å². The molecule has 1 rings (SSSR count). The van der Waals surface area contributed by atoms with Gasteiger partial charge in [-0.2, -0.15) is 0 Å². The zero-order chi connectivity index (χ0) is 35.1. The monoisotopic (exact) mass is 647 g/mol. The van der Waals surface area contributed by atoms with Crippen molar-refractivity contribution in [3.8, 4) is 0 Å². The van der Waals surface area contributed by atoms with Crippen LogP contribution < -0.4 is 10.6 Å². The third-order valence-electron chi connectivity index (χ3n) is 9.46. The highest BCUT2D eigenvalue weighted by atomic mass is 16.5. The third-order valence-corrected chi connectivity index (χ3v) is 9.46. The topological polar surface area (TPSA) is 103 Å². The minimum atomic E-state index is -0.459. The van der Waals surface area contributed by atoms with E-state index < -0.39 is 12.0 Å². The highest BCUT2D eigenvalue weighted by Crippen LogP contribution is 2.29. The summed E-state index contributed by atoms with van der Waals surface area (Å²) in [5.41, 5.74) is 0.996. The molecule has 0 spiro atoms. The van der Waals surface area contributed by atoms with Gasteiger partial charge in [-0.05, 0) is 64.7 Å². The number of allylic oxidation sites excluding steroid dienone is 3. The van der Waals surface area contributed by atoms with Crippen molar-refractivity contribution in [1.29, 1.82) is 0 Å². The Morgan fingerprint density at radius 1 is 1.00 bits per heavy atom. The molecule has 8 unspecified atom stereocenters. The van der Waals surface area contributed by atoms with Crippen molar-refractivity contribution < 1.29 is 23.9 Å². The Kier molecular flexibility index (Phi) is 18.6. The van der Waals surface area contributed by atoms with Crippen molar-refractivity contribution in [2.75, 3.05) is 48.6 Å². The van der Waals surface area contributed by atoms with Crippen LogP contribution in [0, 0.1) is 17.8 Å². The quantitative estimate of drug-likeness (QED) is 0.142. The van der Waals surface area contributed by atoms with Gasteiger partial charge in [0.25, 0.3) is 0 Å². The van der Waals surface area contributed by atoms with Crippen molar-refractivity contribution in [3.63, 3.8) is 0 Å². The van der Waals surface area contributed by atoms with Crippen molar-refractivity contribution in [2.24, 2.45) is 17.8 Å². The van der Waals surface area contributed by atoms with E-state index in [2.05, 4.69) is 42.5 Å². The van der Waals surface area contributed by atoms with Crippen LogP contribution in [0.15, 0.2) is 37.0 Å². The first-order chi connectivity index (χ1) is 21.7. The summed E-state index contributed by atoms with van der Waals surface area (Å²) in [6.07, 6.45) is 7.88. The number of carbonyl (C=O) groups is 3. The molecule has 0 bridgehead atoms. The second-order valence-electron chi connectivity index (χ2n) is 13.5. The van der Waals surface area contributed by atoms with Crippen molar-refractivity contribution in [1.82, 2.24) is 25.3 Å². The zero-order valence-electron chi connectivity index (χ0n) is 30.7. The number of nitrogens with zero attached hydrogens (tertiary/aromatic N) is 3. The van der Waals surface area contributed by atoms with Gasteiger partial charge in [-0.25, -0.2) is 0 Å². The van der Waals surface area contributed by atoms with Crippen LogP contribution in [0.1, 0.15) is 73.6 Å². The molecule has 1 fully saturated rings. The molecule has 10 nitrogen and oxygen atoms in total. The van der Waals surface area contributed by atoms with Gasteiger partial charge >= 0.3 is 0 Å². The first-order valence-electron chi connectivity index (χ1n) is 16.9. The standard InChI is InChI=1S/C36H65N5O5/c1-14-18-28(16-3)21-26(7)38-35(43)27(8)34(46-13)29-19-17-20-41(29)31(42)22-30(45-12)33(25(6)15-2)40(11)23-37-36(44)32(24(4)5)39(9)10/h14,16,18,24-27,29-30,32-34H,1,3,15,17,19-23H2,2,4-13H3,(H,37,44)(H,38,43)/b28-18+. The SMILES string of the molecule is C=C/C=C(\C=C)CC(C)NC(=O)C(C)C(OC)C1CCCN1C(=O)CC(OC)C(C(C)CC)N(C)CNC(=O)C(C(C)C)N(C)C. The largest absolute Gasteiger partial charge is 0.379 e. The van der Waals surface area contributed by atoms with Crippen LogP contribution in [-0.4, -0.2) is 117 Å². The van der Waals surface area contributed by atoms with Gasteiger partial charge in [0.05, 0.1) is 43.3 Å². The number of likely N-dealkylation sites (N-methyl/N-ethyl adjacent to an activating group) is 2. The second-order valence-corrected chi connectivity index (χ2v) is 13.5. The van der Waals surface area contributed by atoms with E-state index in [0.717, 1.165) is 24.8 Å². The Morgan fingerprint density at radius 3 is 2.15 bits per heavy atom. The van der Waals surface area contributed by atoms with Gasteiger partial charge in [0.2, 0.25) is 17.7 Å². The lowest BCUT2D eigenvalue weighted by Gasteiger charge is -2.39. The van der Waals surface area contributed by atoms with E-state index in [9.17, 15) is 14.4 Å². The molecule has 1 saturated heterocycles. The molecule has 1 aliphatic rings. The number of carbonyl (C=O) groups excluding carboxylic acids is 3. The van der Waals surface area contributed by atoms with Crippen LogP contribution in [0.2, 0.25) is 0 Å².